The van der Waals surface area contributed by atoms with Crippen molar-refractivity contribution in [1.82, 2.24) is 0 Å². The van der Waals surface area contributed by atoms with Crippen molar-refractivity contribution in [2.24, 2.45) is 0 Å². The smallest absolute Gasteiger partial charge is 0.105 e. The molecule has 0 aromatic rings. The molecule has 0 aromatic heterocycles. The molecule has 0 fully saturated rings. The molecule has 0 aromatic carbocycles. The summed E-state index contributed by atoms with van der Waals surface area (Å²) in [5, 5.41) is 0. The molecule has 0 bridgehead atoms. The Morgan fingerprint density at radius 3 is 1.29 bits per heavy atom. The average Bonchev–Trinajstić information content (AvgIpc) is 1.33. The van der Waals surface area contributed by atoms with Gasteiger partial charge in [0.15, 0.2) is 0 Å². The SMILES string of the molecule is CC(Cl)Cl.CCC. The highest BCUT2D eigenvalue weighted by atomic mass is 35.5. The van der Waals surface area contributed by atoms with Crippen LogP contribution in [0.5, 0.6) is 0 Å². The van der Waals surface area contributed by atoms with Crippen LogP contribution in [-0.4, -0.2) is 4.84 Å². The molecule has 0 nitrogen and oxygen atoms in total. The second kappa shape index (κ2) is 9.77. The van der Waals surface area contributed by atoms with Crippen LogP contribution in [0.2, 0.25) is 0 Å². The van der Waals surface area contributed by atoms with Crippen LogP contribution < -0.4 is 0 Å². The zero-order chi connectivity index (χ0) is 6.28. The molecule has 0 amide bonds. The molecular formula is C5H12Cl2. The maximum absolute atomic E-state index is 5.04. The number of alkyl halides is 2. The Morgan fingerprint density at radius 2 is 1.29 bits per heavy atom. The van der Waals surface area contributed by atoms with Gasteiger partial charge in [-0.2, -0.15) is 0 Å². The van der Waals surface area contributed by atoms with E-state index in [-0.39, 0.29) is 4.84 Å². The van der Waals surface area contributed by atoms with E-state index in [9.17, 15) is 0 Å². The third-order valence-electron chi connectivity index (χ3n) is 0. The lowest BCUT2D eigenvalue weighted by molar-refractivity contribution is 1.09. The Morgan fingerprint density at radius 1 is 1.29 bits per heavy atom. The van der Waals surface area contributed by atoms with Crippen LogP contribution in [0.4, 0.5) is 0 Å². The summed E-state index contributed by atoms with van der Waals surface area (Å²) >= 11 is 10.1. The predicted molar refractivity (Wildman–Crippen MR) is 37.1 cm³/mol. The Labute approximate surface area is 55.8 Å². The number of hydrogen-bond acceptors (Lipinski definition) is 0. The van der Waals surface area contributed by atoms with Crippen molar-refractivity contribution < 1.29 is 0 Å². The molecule has 0 radical (unpaired) electrons. The molecule has 0 spiro atoms. The third kappa shape index (κ3) is 410. The van der Waals surface area contributed by atoms with Crippen LogP contribution in [0.3, 0.4) is 0 Å². The zero-order valence-electron chi connectivity index (χ0n) is 5.04. The summed E-state index contributed by atoms with van der Waals surface area (Å²) in [5.74, 6) is 0. The normalized spacial score (nSPS) is 7.71. The van der Waals surface area contributed by atoms with Crippen LogP contribution in [0.25, 0.3) is 0 Å². The van der Waals surface area contributed by atoms with Gasteiger partial charge < -0.3 is 0 Å². The van der Waals surface area contributed by atoms with Crippen LogP contribution in [0.15, 0.2) is 0 Å². The molecule has 0 saturated carbocycles. The molecule has 0 aliphatic heterocycles. The van der Waals surface area contributed by atoms with Crippen molar-refractivity contribution in [1.29, 1.82) is 0 Å². The minimum atomic E-state index is -0.222. The molecule has 0 atom stereocenters. The molecule has 0 rings (SSSR count). The molecule has 0 saturated heterocycles. The van der Waals surface area contributed by atoms with Crippen LogP contribution in [0.1, 0.15) is 27.2 Å². The van der Waals surface area contributed by atoms with E-state index in [1.54, 1.807) is 6.92 Å². The summed E-state index contributed by atoms with van der Waals surface area (Å²) in [6, 6.07) is 0. The van der Waals surface area contributed by atoms with Gasteiger partial charge in [0, 0.05) is 0 Å². The van der Waals surface area contributed by atoms with Crippen molar-refractivity contribution in [2.75, 3.05) is 0 Å². The van der Waals surface area contributed by atoms with Gasteiger partial charge in [-0.25, -0.2) is 0 Å². The van der Waals surface area contributed by atoms with Gasteiger partial charge in [-0.3, -0.25) is 0 Å². The lowest BCUT2D eigenvalue weighted by Gasteiger charge is -1.72. The van der Waals surface area contributed by atoms with E-state index in [2.05, 4.69) is 13.8 Å². The largest absolute Gasteiger partial charge is 0.106 e. The first-order valence-electron chi connectivity index (χ1n) is 2.43. The van der Waals surface area contributed by atoms with Crippen molar-refractivity contribution in [2.45, 2.75) is 32.0 Å². The lowest BCUT2D eigenvalue weighted by atomic mass is 10.6. The molecule has 0 heterocycles. The highest BCUT2D eigenvalue weighted by Crippen LogP contribution is 1.95. The van der Waals surface area contributed by atoms with Gasteiger partial charge in [0.05, 0.1) is 0 Å². The van der Waals surface area contributed by atoms with E-state index in [1.807, 2.05) is 0 Å². The summed E-state index contributed by atoms with van der Waals surface area (Å²) in [6.45, 7) is 5.95. The molecule has 2 heteroatoms. The number of rotatable bonds is 0. The van der Waals surface area contributed by atoms with Gasteiger partial charge in [-0.05, 0) is 6.92 Å². The van der Waals surface area contributed by atoms with Gasteiger partial charge in [-0.15, -0.1) is 23.2 Å². The maximum atomic E-state index is 5.04. The van der Waals surface area contributed by atoms with E-state index in [0.29, 0.717) is 0 Å². The Bertz CT molecular complexity index is 17.3. The predicted octanol–water partition coefficient (Wildman–Crippen LogP) is 3.23. The molecular weight excluding hydrogens is 131 g/mol. The van der Waals surface area contributed by atoms with Gasteiger partial charge in [0.2, 0.25) is 0 Å². The first-order valence-corrected chi connectivity index (χ1v) is 3.30. The van der Waals surface area contributed by atoms with Crippen LogP contribution in [-0.2, 0) is 0 Å². The summed E-state index contributed by atoms with van der Waals surface area (Å²) in [4.78, 5) is -0.222. The highest BCUT2D eigenvalue weighted by Gasteiger charge is 1.75. The summed E-state index contributed by atoms with van der Waals surface area (Å²) in [5.41, 5.74) is 0. The first-order chi connectivity index (χ1) is 3.15. The molecule has 0 N–H and O–H groups in total. The zero-order valence-corrected chi connectivity index (χ0v) is 6.55. The molecule has 7 heavy (non-hydrogen) atoms. The quantitative estimate of drug-likeness (QED) is 0.456. The Balaban J connectivity index is 0. The second-order valence-electron chi connectivity index (χ2n) is 1.23. The monoisotopic (exact) mass is 142 g/mol. The topological polar surface area (TPSA) is 0 Å². The fourth-order valence-electron chi connectivity index (χ4n) is 0. The van der Waals surface area contributed by atoms with E-state index < -0.39 is 0 Å². The van der Waals surface area contributed by atoms with Gasteiger partial charge in [-0.1, -0.05) is 20.3 Å². The van der Waals surface area contributed by atoms with Crippen molar-refractivity contribution in [3.8, 4) is 0 Å². The second-order valence-corrected chi connectivity index (χ2v) is 2.76. The molecule has 0 unspecified atom stereocenters. The first kappa shape index (κ1) is 10.5. The summed E-state index contributed by atoms with van der Waals surface area (Å²) < 4.78 is 0. The third-order valence-corrected chi connectivity index (χ3v) is 0. The van der Waals surface area contributed by atoms with Crippen LogP contribution in [0, 0.1) is 0 Å². The highest BCUT2D eigenvalue weighted by molar-refractivity contribution is 6.43. The molecule has 0 aliphatic carbocycles. The standard InChI is InChI=1S/C3H8.C2H4Cl2/c1-3-2;1-2(3)4/h3H2,1-2H3;2H,1H3. The Kier molecular flexibility index (Phi) is 14.7. The minimum absolute atomic E-state index is 0.222. The van der Waals surface area contributed by atoms with Crippen molar-refractivity contribution in [3.05, 3.63) is 0 Å². The Hall–Kier alpha value is 0.580. The number of halogens is 2. The maximum Gasteiger partial charge on any atom is 0.105 e. The van der Waals surface area contributed by atoms with Crippen molar-refractivity contribution >= 4 is 23.2 Å². The van der Waals surface area contributed by atoms with Gasteiger partial charge in [0.1, 0.15) is 4.84 Å². The number of hydrogen-bond donors (Lipinski definition) is 0. The van der Waals surface area contributed by atoms with Crippen LogP contribution >= 0.6 is 23.2 Å². The van der Waals surface area contributed by atoms with Gasteiger partial charge in [0.25, 0.3) is 0 Å². The van der Waals surface area contributed by atoms with Gasteiger partial charge >= 0.3 is 0 Å². The van der Waals surface area contributed by atoms with E-state index >= 15 is 0 Å². The lowest BCUT2D eigenvalue weighted by Crippen LogP contribution is -1.63. The van der Waals surface area contributed by atoms with Crippen molar-refractivity contribution in [3.63, 3.8) is 0 Å². The van der Waals surface area contributed by atoms with E-state index in [0.717, 1.165) is 0 Å². The summed E-state index contributed by atoms with van der Waals surface area (Å²) in [7, 11) is 0. The van der Waals surface area contributed by atoms with E-state index in [4.69, 9.17) is 23.2 Å². The average molecular weight is 143 g/mol. The fourth-order valence-corrected chi connectivity index (χ4v) is 0. The fraction of sp³-hybridized carbons (Fsp3) is 1.00. The minimum Gasteiger partial charge on any atom is -0.106 e. The molecule has 46 valence electrons. The van der Waals surface area contributed by atoms with E-state index in [1.165, 1.54) is 6.42 Å². The molecule has 0 aliphatic rings. The summed E-state index contributed by atoms with van der Waals surface area (Å²) in [6.07, 6.45) is 1.25.